The van der Waals surface area contributed by atoms with E-state index in [0.29, 0.717) is 17.0 Å². The zero-order chi connectivity index (χ0) is 13.4. The van der Waals surface area contributed by atoms with Gasteiger partial charge in [-0.15, -0.1) is 0 Å². The van der Waals surface area contributed by atoms with E-state index in [1.807, 2.05) is 18.2 Å². The molecule has 0 unspecified atom stereocenters. The Morgan fingerprint density at radius 1 is 1.26 bits per heavy atom. The van der Waals surface area contributed by atoms with Crippen LogP contribution in [0.3, 0.4) is 0 Å². The number of benzene rings is 1. The van der Waals surface area contributed by atoms with Crippen LogP contribution in [-0.2, 0) is 6.61 Å². The van der Waals surface area contributed by atoms with E-state index in [0.717, 1.165) is 0 Å². The number of imidazole rings is 1. The Bertz CT molecular complexity index is 793. The van der Waals surface area contributed by atoms with Gasteiger partial charge in [0.1, 0.15) is 10.8 Å². The Morgan fingerprint density at radius 3 is 2.68 bits per heavy atom. The van der Waals surface area contributed by atoms with E-state index in [2.05, 4.69) is 4.98 Å². The van der Waals surface area contributed by atoms with Crippen LogP contribution in [0, 0.1) is 0 Å². The van der Waals surface area contributed by atoms with Crippen LogP contribution in [0.15, 0.2) is 47.4 Å². The third-order valence-corrected chi connectivity index (χ3v) is 3.15. The average molecular weight is 276 g/mol. The molecule has 0 aliphatic rings. The summed E-state index contributed by atoms with van der Waals surface area (Å²) < 4.78 is 2.72. The van der Waals surface area contributed by atoms with Crippen LogP contribution < -0.4 is 5.69 Å². The zero-order valence-electron chi connectivity index (χ0n) is 9.82. The normalized spacial score (nSPS) is 11.1. The maximum atomic E-state index is 12.5. The monoisotopic (exact) mass is 275 g/mol. The summed E-state index contributed by atoms with van der Waals surface area (Å²) in [6.45, 7) is -0.259. The van der Waals surface area contributed by atoms with Crippen molar-refractivity contribution in [3.05, 3.63) is 63.9 Å². The Labute approximate surface area is 113 Å². The highest BCUT2D eigenvalue weighted by Gasteiger charge is 2.13. The summed E-state index contributed by atoms with van der Waals surface area (Å²) >= 11 is 5.96. The lowest BCUT2D eigenvalue weighted by atomic mass is 10.3. The molecule has 0 bridgehead atoms. The van der Waals surface area contributed by atoms with E-state index in [-0.39, 0.29) is 17.4 Å². The summed E-state index contributed by atoms with van der Waals surface area (Å²) in [6, 6.07) is 10.7. The molecular weight excluding hydrogens is 266 g/mol. The third kappa shape index (κ3) is 1.83. The number of rotatable bonds is 2. The summed E-state index contributed by atoms with van der Waals surface area (Å²) in [7, 11) is 0. The predicted molar refractivity (Wildman–Crippen MR) is 71.7 cm³/mol. The standard InChI is InChI=1S/C13H10ClN3O2/c14-11-7-15-12-6-10(8-18)16(13(19)17(11)12)9-4-2-1-3-5-9/h1-7,18H,8H2. The lowest BCUT2D eigenvalue weighted by Crippen LogP contribution is -2.28. The molecule has 96 valence electrons. The highest BCUT2D eigenvalue weighted by Crippen LogP contribution is 2.14. The zero-order valence-corrected chi connectivity index (χ0v) is 10.6. The largest absolute Gasteiger partial charge is 0.390 e. The molecule has 3 rings (SSSR count). The maximum absolute atomic E-state index is 12.5. The van der Waals surface area contributed by atoms with Gasteiger partial charge >= 0.3 is 5.69 Å². The first-order valence-corrected chi connectivity index (χ1v) is 6.04. The molecule has 0 saturated carbocycles. The first-order valence-electron chi connectivity index (χ1n) is 5.66. The average Bonchev–Trinajstić information content (AvgIpc) is 2.81. The van der Waals surface area contributed by atoms with Crippen molar-refractivity contribution in [2.24, 2.45) is 0 Å². The molecule has 0 aliphatic carbocycles. The SMILES string of the molecule is O=c1n(-c2ccccc2)c(CO)cc2ncc(Cl)n12. The molecule has 0 radical (unpaired) electrons. The van der Waals surface area contributed by atoms with E-state index in [4.69, 9.17) is 11.6 Å². The van der Waals surface area contributed by atoms with Crippen molar-refractivity contribution >= 4 is 17.2 Å². The summed E-state index contributed by atoms with van der Waals surface area (Å²) in [5.41, 5.74) is 1.20. The molecular formula is C13H10ClN3O2. The van der Waals surface area contributed by atoms with Crippen LogP contribution >= 0.6 is 11.6 Å². The Morgan fingerprint density at radius 2 is 2.00 bits per heavy atom. The maximum Gasteiger partial charge on any atom is 0.340 e. The lowest BCUT2D eigenvalue weighted by molar-refractivity contribution is 0.273. The van der Waals surface area contributed by atoms with E-state index in [1.165, 1.54) is 15.2 Å². The second-order valence-corrected chi connectivity index (χ2v) is 4.41. The first-order chi connectivity index (χ1) is 9.22. The van der Waals surface area contributed by atoms with Gasteiger partial charge in [-0.2, -0.15) is 0 Å². The fourth-order valence-corrected chi connectivity index (χ4v) is 2.25. The van der Waals surface area contributed by atoms with Gasteiger partial charge in [-0.25, -0.2) is 14.2 Å². The van der Waals surface area contributed by atoms with Crippen molar-refractivity contribution in [2.45, 2.75) is 6.61 Å². The van der Waals surface area contributed by atoms with Gasteiger partial charge in [0.2, 0.25) is 0 Å². The quantitative estimate of drug-likeness (QED) is 0.773. The molecule has 19 heavy (non-hydrogen) atoms. The summed E-state index contributed by atoms with van der Waals surface area (Å²) in [5, 5.41) is 9.69. The molecule has 1 aromatic carbocycles. The van der Waals surface area contributed by atoms with Crippen LogP contribution in [0.4, 0.5) is 0 Å². The summed E-state index contributed by atoms with van der Waals surface area (Å²) in [6.07, 6.45) is 1.41. The van der Waals surface area contributed by atoms with E-state index >= 15 is 0 Å². The number of hydrogen-bond donors (Lipinski definition) is 1. The summed E-state index contributed by atoms with van der Waals surface area (Å²) in [5.74, 6) is 0. The Balaban J connectivity index is 2.43. The highest BCUT2D eigenvalue weighted by atomic mass is 35.5. The Kier molecular flexibility index (Phi) is 2.85. The van der Waals surface area contributed by atoms with Gasteiger partial charge in [-0.3, -0.25) is 4.57 Å². The number of para-hydroxylation sites is 1. The van der Waals surface area contributed by atoms with Gasteiger partial charge in [0.15, 0.2) is 0 Å². The fourth-order valence-electron chi connectivity index (χ4n) is 2.04. The second kappa shape index (κ2) is 4.53. The molecule has 2 aromatic heterocycles. The molecule has 6 heteroatoms. The topological polar surface area (TPSA) is 59.5 Å². The number of aliphatic hydroxyl groups excluding tert-OH is 1. The van der Waals surface area contributed by atoms with Crippen LogP contribution in [-0.4, -0.2) is 19.1 Å². The molecule has 0 saturated heterocycles. The van der Waals surface area contributed by atoms with Gasteiger partial charge in [0.25, 0.3) is 0 Å². The van der Waals surface area contributed by atoms with Gasteiger partial charge in [0.05, 0.1) is 24.2 Å². The van der Waals surface area contributed by atoms with Crippen molar-refractivity contribution in [2.75, 3.05) is 0 Å². The third-order valence-electron chi connectivity index (χ3n) is 2.89. The second-order valence-electron chi connectivity index (χ2n) is 4.02. The molecule has 0 amide bonds. The number of hydrogen-bond acceptors (Lipinski definition) is 3. The number of aromatic nitrogens is 3. The molecule has 0 fully saturated rings. The van der Waals surface area contributed by atoms with E-state index in [9.17, 15) is 9.90 Å². The highest BCUT2D eigenvalue weighted by molar-refractivity contribution is 6.29. The van der Waals surface area contributed by atoms with Crippen molar-refractivity contribution in [3.8, 4) is 5.69 Å². The minimum absolute atomic E-state index is 0.245. The van der Waals surface area contributed by atoms with Crippen LogP contribution in [0.1, 0.15) is 5.69 Å². The molecule has 0 spiro atoms. The fraction of sp³-hybridized carbons (Fsp3) is 0.0769. The molecule has 2 heterocycles. The van der Waals surface area contributed by atoms with Crippen molar-refractivity contribution in [3.63, 3.8) is 0 Å². The minimum Gasteiger partial charge on any atom is -0.390 e. The van der Waals surface area contributed by atoms with E-state index in [1.54, 1.807) is 18.2 Å². The smallest absolute Gasteiger partial charge is 0.340 e. The van der Waals surface area contributed by atoms with Crippen molar-refractivity contribution in [1.29, 1.82) is 0 Å². The van der Waals surface area contributed by atoms with Crippen molar-refractivity contribution < 1.29 is 5.11 Å². The number of nitrogens with zero attached hydrogens (tertiary/aromatic N) is 3. The van der Waals surface area contributed by atoms with Crippen molar-refractivity contribution in [1.82, 2.24) is 14.0 Å². The molecule has 5 nitrogen and oxygen atoms in total. The minimum atomic E-state index is -0.352. The molecule has 0 aliphatic heterocycles. The van der Waals surface area contributed by atoms with Crippen LogP contribution in [0.25, 0.3) is 11.3 Å². The molecule has 1 N–H and O–H groups in total. The van der Waals surface area contributed by atoms with Gasteiger partial charge in [-0.05, 0) is 12.1 Å². The molecule has 3 aromatic rings. The van der Waals surface area contributed by atoms with E-state index < -0.39 is 0 Å². The van der Waals surface area contributed by atoms with Gasteiger partial charge < -0.3 is 5.11 Å². The number of fused-ring (bicyclic) bond motifs is 1. The predicted octanol–water partition coefficient (Wildman–Crippen LogP) is 1.63. The number of aliphatic hydroxyl groups is 1. The van der Waals surface area contributed by atoms with Gasteiger partial charge in [0, 0.05) is 6.07 Å². The Hall–Kier alpha value is -2.11. The van der Waals surface area contributed by atoms with Crippen LogP contribution in [0.5, 0.6) is 0 Å². The molecule has 0 atom stereocenters. The first kappa shape index (κ1) is 12.0. The number of halogens is 1. The lowest BCUT2D eigenvalue weighted by Gasteiger charge is -2.11. The van der Waals surface area contributed by atoms with Gasteiger partial charge in [-0.1, -0.05) is 29.8 Å². The van der Waals surface area contributed by atoms with Crippen LogP contribution in [0.2, 0.25) is 5.15 Å². The summed E-state index contributed by atoms with van der Waals surface area (Å²) in [4.78, 5) is 16.5.